The summed E-state index contributed by atoms with van der Waals surface area (Å²) in [5.74, 6) is 1.71. The van der Waals surface area contributed by atoms with Crippen LogP contribution >= 0.6 is 11.8 Å². The average molecular weight is 333 g/mol. The highest BCUT2D eigenvalue weighted by Gasteiger charge is 2.23. The van der Waals surface area contributed by atoms with E-state index >= 15 is 0 Å². The lowest BCUT2D eigenvalue weighted by atomic mass is 10.3. The number of hydrogen-bond acceptors (Lipinski definition) is 6. The molecule has 0 aliphatic carbocycles. The van der Waals surface area contributed by atoms with Gasteiger partial charge in [-0.3, -0.25) is 4.79 Å². The molecule has 0 aromatic carbocycles. The molecule has 0 saturated carbocycles. The molecule has 118 valence electrons. The highest BCUT2D eigenvalue weighted by Crippen LogP contribution is 2.13. The molecular weight excluding hydrogens is 314 g/mol. The molecule has 1 aliphatic heterocycles. The number of carbonyl (C=O) groups is 1. The van der Waals surface area contributed by atoms with Crippen LogP contribution in [0, 0.1) is 0 Å². The van der Waals surface area contributed by atoms with Crippen molar-refractivity contribution in [2.24, 2.45) is 5.73 Å². The van der Waals surface area contributed by atoms with Crippen molar-refractivity contribution < 1.29 is 17.6 Å². The van der Waals surface area contributed by atoms with Crippen LogP contribution < -0.4 is 11.1 Å². The number of rotatable bonds is 6. The topological polar surface area (TPSA) is 106 Å². The van der Waals surface area contributed by atoms with Gasteiger partial charge in [0, 0.05) is 31.1 Å². The van der Waals surface area contributed by atoms with Crippen molar-refractivity contribution in [3.63, 3.8) is 0 Å². The highest BCUT2D eigenvalue weighted by molar-refractivity contribution is 7.99. The van der Waals surface area contributed by atoms with Crippen molar-refractivity contribution in [1.82, 2.24) is 9.62 Å². The normalized spacial score (nSPS) is 16.8. The Morgan fingerprint density at radius 3 is 2.76 bits per heavy atom. The lowest BCUT2D eigenvalue weighted by Gasteiger charge is -2.25. The van der Waals surface area contributed by atoms with Gasteiger partial charge in [0.25, 0.3) is 5.91 Å². The molecule has 1 fully saturated rings. The molecule has 9 heteroatoms. The van der Waals surface area contributed by atoms with Crippen molar-refractivity contribution in [2.45, 2.75) is 6.54 Å². The summed E-state index contributed by atoms with van der Waals surface area (Å²) < 4.78 is 30.7. The number of furan rings is 1. The molecule has 1 aromatic rings. The fourth-order valence-electron chi connectivity index (χ4n) is 1.96. The number of nitrogens with two attached hydrogens (primary N) is 1. The Kier molecular flexibility index (Phi) is 5.68. The van der Waals surface area contributed by atoms with Gasteiger partial charge in [-0.05, 0) is 6.07 Å². The van der Waals surface area contributed by atoms with Gasteiger partial charge in [0.05, 0.1) is 17.9 Å². The Morgan fingerprint density at radius 2 is 2.14 bits per heavy atom. The van der Waals surface area contributed by atoms with Gasteiger partial charge in [-0.15, -0.1) is 0 Å². The van der Waals surface area contributed by atoms with E-state index in [4.69, 9.17) is 10.2 Å². The lowest BCUT2D eigenvalue weighted by Crippen LogP contribution is -2.41. The Balaban J connectivity index is 1.81. The molecule has 2 heterocycles. The van der Waals surface area contributed by atoms with Crippen LogP contribution in [0.25, 0.3) is 0 Å². The number of sulfonamides is 1. The first kappa shape index (κ1) is 16.3. The molecule has 2 rings (SSSR count). The van der Waals surface area contributed by atoms with Crippen molar-refractivity contribution in [2.75, 3.05) is 36.9 Å². The number of nitrogens with zero attached hydrogens (tertiary/aromatic N) is 1. The average Bonchev–Trinajstić information content (AvgIpc) is 2.97. The first-order valence-corrected chi connectivity index (χ1v) is 9.40. The lowest BCUT2D eigenvalue weighted by molar-refractivity contribution is 0.0955. The Hall–Kier alpha value is -1.03. The van der Waals surface area contributed by atoms with Gasteiger partial charge >= 0.3 is 0 Å². The first-order chi connectivity index (χ1) is 10.0. The molecule has 0 unspecified atom stereocenters. The summed E-state index contributed by atoms with van der Waals surface area (Å²) in [4.78, 5) is 11.8. The zero-order chi connectivity index (χ0) is 15.3. The molecule has 0 radical (unpaired) electrons. The van der Waals surface area contributed by atoms with Gasteiger partial charge in [0.1, 0.15) is 12.0 Å². The van der Waals surface area contributed by atoms with Crippen molar-refractivity contribution in [3.8, 4) is 0 Å². The molecule has 1 aromatic heterocycles. The van der Waals surface area contributed by atoms with Crippen LogP contribution in [0.2, 0.25) is 0 Å². The minimum Gasteiger partial charge on any atom is -0.467 e. The largest absolute Gasteiger partial charge is 0.467 e. The second-order valence-electron chi connectivity index (χ2n) is 4.59. The molecule has 1 aliphatic rings. The summed E-state index contributed by atoms with van der Waals surface area (Å²) in [5.41, 5.74) is 5.74. The fourth-order valence-corrected chi connectivity index (χ4v) is 4.45. The van der Waals surface area contributed by atoms with Crippen LogP contribution in [-0.2, 0) is 16.6 Å². The molecule has 0 bridgehead atoms. The van der Waals surface area contributed by atoms with Gasteiger partial charge < -0.3 is 15.5 Å². The van der Waals surface area contributed by atoms with E-state index in [9.17, 15) is 13.2 Å². The van der Waals surface area contributed by atoms with E-state index in [1.165, 1.54) is 10.6 Å². The third-order valence-electron chi connectivity index (χ3n) is 3.13. The van der Waals surface area contributed by atoms with E-state index in [0.717, 1.165) is 11.5 Å². The third kappa shape index (κ3) is 4.47. The molecule has 1 saturated heterocycles. The van der Waals surface area contributed by atoms with Crippen LogP contribution in [0.4, 0.5) is 0 Å². The molecule has 7 nitrogen and oxygen atoms in total. The van der Waals surface area contributed by atoms with Gasteiger partial charge in [0.2, 0.25) is 10.0 Å². The highest BCUT2D eigenvalue weighted by atomic mass is 32.2. The smallest absolute Gasteiger partial charge is 0.254 e. The molecule has 21 heavy (non-hydrogen) atoms. The van der Waals surface area contributed by atoms with Crippen LogP contribution in [0.5, 0.6) is 0 Å². The summed E-state index contributed by atoms with van der Waals surface area (Å²) in [6.45, 7) is 1.38. The predicted octanol–water partition coefficient (Wildman–Crippen LogP) is -0.153. The van der Waals surface area contributed by atoms with E-state index in [2.05, 4.69) is 5.32 Å². The quantitative estimate of drug-likeness (QED) is 0.750. The number of amides is 1. The second-order valence-corrected chi connectivity index (χ2v) is 7.90. The number of nitrogens with one attached hydrogen (secondary N) is 1. The minimum atomic E-state index is -3.30. The number of thioether (sulfide) groups is 1. The van der Waals surface area contributed by atoms with Crippen LogP contribution in [0.3, 0.4) is 0 Å². The Labute approximate surface area is 128 Å². The first-order valence-electron chi connectivity index (χ1n) is 6.64. The SMILES string of the molecule is NCc1cc(C(=O)NCCS(=O)(=O)N2CCSCC2)co1. The third-order valence-corrected chi connectivity index (χ3v) is 5.94. The molecule has 1 amide bonds. The second kappa shape index (κ2) is 7.30. The van der Waals surface area contributed by atoms with E-state index < -0.39 is 10.0 Å². The van der Waals surface area contributed by atoms with Crippen molar-refractivity contribution in [3.05, 3.63) is 23.7 Å². The summed E-state index contributed by atoms with van der Waals surface area (Å²) in [6, 6.07) is 1.55. The molecule has 0 atom stereocenters. The van der Waals surface area contributed by atoms with Crippen molar-refractivity contribution >= 4 is 27.7 Å². The minimum absolute atomic E-state index is 0.0773. The summed E-state index contributed by atoms with van der Waals surface area (Å²) >= 11 is 1.75. The molecule has 0 spiro atoms. The molecular formula is C12H19N3O4S2. The van der Waals surface area contributed by atoms with Gasteiger partial charge in [-0.1, -0.05) is 0 Å². The van der Waals surface area contributed by atoms with Crippen molar-refractivity contribution in [1.29, 1.82) is 0 Å². The maximum Gasteiger partial charge on any atom is 0.254 e. The number of hydrogen-bond donors (Lipinski definition) is 2. The Bertz CT molecular complexity index is 579. The fraction of sp³-hybridized carbons (Fsp3) is 0.583. The Morgan fingerprint density at radius 1 is 1.43 bits per heavy atom. The monoisotopic (exact) mass is 333 g/mol. The summed E-state index contributed by atoms with van der Waals surface area (Å²) in [5, 5.41) is 2.58. The van der Waals surface area contributed by atoms with E-state index in [1.54, 1.807) is 17.8 Å². The van der Waals surface area contributed by atoms with E-state index in [0.29, 0.717) is 24.4 Å². The van der Waals surface area contributed by atoms with Crippen LogP contribution in [0.15, 0.2) is 16.7 Å². The maximum absolute atomic E-state index is 12.1. The number of carbonyl (C=O) groups excluding carboxylic acids is 1. The predicted molar refractivity (Wildman–Crippen MR) is 81.6 cm³/mol. The maximum atomic E-state index is 12.1. The van der Waals surface area contributed by atoms with E-state index in [-0.39, 0.29) is 24.7 Å². The zero-order valence-corrected chi connectivity index (χ0v) is 13.2. The van der Waals surface area contributed by atoms with Gasteiger partial charge in [0.15, 0.2) is 0 Å². The summed E-state index contributed by atoms with van der Waals surface area (Å²) in [7, 11) is -3.30. The standard InChI is InChI=1S/C12H19N3O4S2/c13-8-11-7-10(9-19-11)12(16)14-1-6-21(17,18)15-2-4-20-5-3-15/h7,9H,1-6,8,13H2,(H,14,16). The molecule has 3 N–H and O–H groups in total. The van der Waals surface area contributed by atoms with Gasteiger partial charge in [-0.25, -0.2) is 12.7 Å². The van der Waals surface area contributed by atoms with E-state index in [1.807, 2.05) is 0 Å². The van der Waals surface area contributed by atoms with Crippen LogP contribution in [0.1, 0.15) is 16.1 Å². The summed E-state index contributed by atoms with van der Waals surface area (Å²) in [6.07, 6.45) is 1.31. The zero-order valence-electron chi connectivity index (χ0n) is 11.6. The van der Waals surface area contributed by atoms with Crippen LogP contribution in [-0.4, -0.2) is 55.5 Å². The van der Waals surface area contributed by atoms with Gasteiger partial charge in [-0.2, -0.15) is 11.8 Å².